The summed E-state index contributed by atoms with van der Waals surface area (Å²) in [6.07, 6.45) is 1.55. The topological polar surface area (TPSA) is 98.3 Å². The highest BCUT2D eigenvalue weighted by molar-refractivity contribution is 6.30. The molecule has 0 saturated heterocycles. The number of carboxylic acid groups (broad SMARTS) is 1. The number of ether oxygens (including phenoxy) is 1. The molecule has 3 aromatic rings. The fourth-order valence-electron chi connectivity index (χ4n) is 2.60. The summed E-state index contributed by atoms with van der Waals surface area (Å²) < 4.78 is 19.2. The number of pyridine rings is 2. The number of hydrogen-bond acceptors (Lipinski definition) is 5. The summed E-state index contributed by atoms with van der Waals surface area (Å²) in [6, 6.07) is 13.0. The molecule has 0 aliphatic heterocycles. The van der Waals surface area contributed by atoms with Crippen LogP contribution in [0.1, 0.15) is 12.1 Å². The van der Waals surface area contributed by atoms with E-state index in [-0.39, 0.29) is 17.3 Å². The molecule has 0 aliphatic rings. The summed E-state index contributed by atoms with van der Waals surface area (Å²) in [5.74, 6) is -1.34. The van der Waals surface area contributed by atoms with Crippen LogP contribution in [-0.2, 0) is 11.2 Å². The van der Waals surface area contributed by atoms with E-state index in [2.05, 4.69) is 9.97 Å². The minimum absolute atomic E-state index is 0.118. The number of hydrogen-bond donors (Lipinski definition) is 2. The van der Waals surface area contributed by atoms with Gasteiger partial charge in [-0.3, -0.25) is 9.78 Å². The lowest BCUT2D eigenvalue weighted by Gasteiger charge is -2.10. The SMILES string of the molecule is NC(CC(=O)O)Cc1cccc(-c2ccc(Oc3ncc(Cl)cc3F)cc2)n1. The Hall–Kier alpha value is -3.03. The number of aromatic nitrogens is 2. The van der Waals surface area contributed by atoms with Crippen molar-refractivity contribution < 1.29 is 19.0 Å². The maximum Gasteiger partial charge on any atom is 0.304 e. The average molecular weight is 402 g/mol. The Morgan fingerprint density at radius 3 is 2.68 bits per heavy atom. The molecule has 0 amide bonds. The number of nitrogens with two attached hydrogens (primary N) is 1. The number of carbonyl (C=O) groups is 1. The zero-order chi connectivity index (χ0) is 20.1. The summed E-state index contributed by atoms with van der Waals surface area (Å²) in [5.41, 5.74) is 8.07. The molecule has 0 aliphatic carbocycles. The standard InChI is InChI=1S/C20H17ClFN3O3/c21-13-8-17(22)20(24-11-13)28-16-6-4-12(5-7-16)18-3-1-2-15(25-18)9-14(23)10-19(26)27/h1-8,11,14H,9-10,23H2,(H,26,27). The molecule has 2 aromatic heterocycles. The van der Waals surface area contributed by atoms with Crippen molar-refractivity contribution >= 4 is 17.6 Å². The molecule has 144 valence electrons. The van der Waals surface area contributed by atoms with Crippen LogP contribution in [0.5, 0.6) is 11.6 Å². The molecule has 0 fully saturated rings. The molecule has 0 spiro atoms. The van der Waals surface area contributed by atoms with Crippen LogP contribution >= 0.6 is 11.6 Å². The number of nitrogens with zero attached hydrogens (tertiary/aromatic N) is 2. The van der Waals surface area contributed by atoms with Crippen LogP contribution in [0.15, 0.2) is 54.7 Å². The van der Waals surface area contributed by atoms with Gasteiger partial charge in [0.25, 0.3) is 5.88 Å². The van der Waals surface area contributed by atoms with Crippen LogP contribution in [0.3, 0.4) is 0 Å². The maximum atomic E-state index is 13.8. The van der Waals surface area contributed by atoms with Gasteiger partial charge in [-0.1, -0.05) is 17.7 Å². The highest BCUT2D eigenvalue weighted by Crippen LogP contribution is 2.26. The van der Waals surface area contributed by atoms with E-state index in [1.165, 1.54) is 6.20 Å². The van der Waals surface area contributed by atoms with Crippen molar-refractivity contribution in [3.8, 4) is 22.9 Å². The zero-order valence-corrected chi connectivity index (χ0v) is 15.4. The second-order valence-electron chi connectivity index (χ2n) is 6.14. The Bertz CT molecular complexity index is 983. The Morgan fingerprint density at radius 1 is 1.25 bits per heavy atom. The number of rotatable bonds is 7. The van der Waals surface area contributed by atoms with Gasteiger partial charge in [-0.2, -0.15) is 0 Å². The summed E-state index contributed by atoms with van der Waals surface area (Å²) in [6.45, 7) is 0. The first-order chi connectivity index (χ1) is 13.4. The molecule has 1 atom stereocenters. The minimum Gasteiger partial charge on any atom is -0.481 e. The molecular weight excluding hydrogens is 385 g/mol. The van der Waals surface area contributed by atoms with E-state index in [0.717, 1.165) is 11.6 Å². The Kier molecular flexibility index (Phi) is 6.18. The first kappa shape index (κ1) is 19.7. The first-order valence-electron chi connectivity index (χ1n) is 8.43. The highest BCUT2D eigenvalue weighted by atomic mass is 35.5. The molecule has 0 radical (unpaired) electrons. The average Bonchev–Trinajstić information content (AvgIpc) is 2.64. The predicted octanol–water partition coefficient (Wildman–Crippen LogP) is 4.07. The summed E-state index contributed by atoms with van der Waals surface area (Å²) >= 11 is 5.68. The van der Waals surface area contributed by atoms with Crippen LogP contribution in [-0.4, -0.2) is 27.1 Å². The van der Waals surface area contributed by atoms with Gasteiger partial charge >= 0.3 is 5.97 Å². The van der Waals surface area contributed by atoms with Gasteiger partial charge < -0.3 is 15.6 Å². The zero-order valence-electron chi connectivity index (χ0n) is 14.7. The molecule has 3 N–H and O–H groups in total. The Balaban J connectivity index is 1.72. The first-order valence-corrected chi connectivity index (χ1v) is 8.81. The van der Waals surface area contributed by atoms with Gasteiger partial charge in [-0.05, 0) is 42.5 Å². The monoisotopic (exact) mass is 401 g/mol. The number of benzene rings is 1. The van der Waals surface area contributed by atoms with Crippen molar-refractivity contribution in [3.63, 3.8) is 0 Å². The van der Waals surface area contributed by atoms with Gasteiger partial charge in [-0.25, -0.2) is 9.37 Å². The molecule has 2 heterocycles. The van der Waals surface area contributed by atoms with Crippen molar-refractivity contribution in [1.82, 2.24) is 9.97 Å². The van der Waals surface area contributed by atoms with Gasteiger partial charge in [0.05, 0.1) is 17.1 Å². The lowest BCUT2D eigenvalue weighted by molar-refractivity contribution is -0.137. The normalized spacial score (nSPS) is 11.8. The maximum absolute atomic E-state index is 13.8. The number of halogens is 2. The molecular formula is C20H17ClFN3O3. The number of aliphatic carboxylic acids is 1. The van der Waals surface area contributed by atoms with E-state index in [4.69, 9.17) is 27.2 Å². The van der Waals surface area contributed by atoms with Crippen LogP contribution in [0.2, 0.25) is 5.02 Å². The summed E-state index contributed by atoms with van der Waals surface area (Å²) in [4.78, 5) is 19.1. The molecule has 0 bridgehead atoms. The largest absolute Gasteiger partial charge is 0.481 e. The van der Waals surface area contributed by atoms with Crippen LogP contribution in [0.25, 0.3) is 11.3 Å². The van der Waals surface area contributed by atoms with Crippen molar-refractivity contribution in [2.75, 3.05) is 0 Å². The highest BCUT2D eigenvalue weighted by Gasteiger charge is 2.11. The van der Waals surface area contributed by atoms with E-state index >= 15 is 0 Å². The predicted molar refractivity (Wildman–Crippen MR) is 103 cm³/mol. The third kappa shape index (κ3) is 5.25. The van der Waals surface area contributed by atoms with E-state index in [1.54, 1.807) is 30.3 Å². The van der Waals surface area contributed by atoms with E-state index < -0.39 is 17.8 Å². The Morgan fingerprint density at radius 2 is 2.00 bits per heavy atom. The summed E-state index contributed by atoms with van der Waals surface area (Å²) in [5, 5.41) is 9.00. The van der Waals surface area contributed by atoms with Crippen LogP contribution < -0.4 is 10.5 Å². The van der Waals surface area contributed by atoms with Crippen molar-refractivity contribution in [3.05, 3.63) is 71.3 Å². The molecule has 3 rings (SSSR count). The second-order valence-corrected chi connectivity index (χ2v) is 6.58. The van der Waals surface area contributed by atoms with Crippen molar-refractivity contribution in [2.24, 2.45) is 5.73 Å². The molecule has 6 nitrogen and oxygen atoms in total. The number of carboxylic acids is 1. The lowest BCUT2D eigenvalue weighted by Crippen LogP contribution is -2.26. The van der Waals surface area contributed by atoms with Crippen LogP contribution in [0, 0.1) is 5.82 Å². The van der Waals surface area contributed by atoms with E-state index in [9.17, 15) is 9.18 Å². The Labute approximate surface area is 165 Å². The van der Waals surface area contributed by atoms with E-state index in [0.29, 0.717) is 23.6 Å². The van der Waals surface area contributed by atoms with Crippen molar-refractivity contribution in [2.45, 2.75) is 18.9 Å². The molecule has 8 heteroatoms. The van der Waals surface area contributed by atoms with Gasteiger partial charge in [-0.15, -0.1) is 0 Å². The smallest absolute Gasteiger partial charge is 0.304 e. The van der Waals surface area contributed by atoms with E-state index in [1.807, 2.05) is 12.1 Å². The fraction of sp³-hybridized carbons (Fsp3) is 0.150. The minimum atomic E-state index is -0.939. The van der Waals surface area contributed by atoms with Gasteiger partial charge in [0.2, 0.25) is 0 Å². The van der Waals surface area contributed by atoms with Gasteiger partial charge in [0, 0.05) is 29.9 Å². The van der Waals surface area contributed by atoms with Crippen LogP contribution in [0.4, 0.5) is 4.39 Å². The van der Waals surface area contributed by atoms with Crippen molar-refractivity contribution in [1.29, 1.82) is 0 Å². The molecule has 1 aromatic carbocycles. The van der Waals surface area contributed by atoms with Gasteiger partial charge in [0.1, 0.15) is 5.75 Å². The van der Waals surface area contributed by atoms with Gasteiger partial charge in [0.15, 0.2) is 5.82 Å². The fourth-order valence-corrected chi connectivity index (χ4v) is 2.75. The molecule has 1 unspecified atom stereocenters. The lowest BCUT2D eigenvalue weighted by atomic mass is 10.1. The third-order valence-electron chi connectivity index (χ3n) is 3.85. The summed E-state index contributed by atoms with van der Waals surface area (Å²) in [7, 11) is 0. The quantitative estimate of drug-likeness (QED) is 0.619. The molecule has 0 saturated carbocycles. The molecule has 28 heavy (non-hydrogen) atoms. The second kappa shape index (κ2) is 8.77. The third-order valence-corrected chi connectivity index (χ3v) is 4.06.